The van der Waals surface area contributed by atoms with E-state index < -0.39 is 0 Å². The molecular weight excluding hydrogens is 304 g/mol. The fourth-order valence-electron chi connectivity index (χ4n) is 1.88. The van der Waals surface area contributed by atoms with Gasteiger partial charge in [-0.15, -0.1) is 6.58 Å². The molecular formula is C15H23BrN2O. The quantitative estimate of drug-likeness (QED) is 0.741. The molecule has 19 heavy (non-hydrogen) atoms. The average molecular weight is 327 g/mol. The zero-order valence-corrected chi connectivity index (χ0v) is 13.5. The summed E-state index contributed by atoms with van der Waals surface area (Å²) in [4.78, 5) is 2.24. The molecule has 1 rings (SSSR count). The van der Waals surface area contributed by atoms with E-state index in [9.17, 15) is 0 Å². The van der Waals surface area contributed by atoms with Gasteiger partial charge in [-0.2, -0.15) is 0 Å². The average Bonchev–Trinajstić information content (AvgIpc) is 2.42. The van der Waals surface area contributed by atoms with Gasteiger partial charge in [0.15, 0.2) is 0 Å². The van der Waals surface area contributed by atoms with Crippen molar-refractivity contribution in [2.45, 2.75) is 13.0 Å². The maximum Gasteiger partial charge on any atom is 0.0637 e. The molecule has 1 N–H and O–H groups in total. The number of anilines is 1. The van der Waals surface area contributed by atoms with Gasteiger partial charge in [0.1, 0.15) is 0 Å². The monoisotopic (exact) mass is 326 g/mol. The minimum atomic E-state index is 0.345. The van der Waals surface area contributed by atoms with Crippen molar-refractivity contribution in [2.75, 3.05) is 38.8 Å². The Morgan fingerprint density at radius 3 is 2.79 bits per heavy atom. The summed E-state index contributed by atoms with van der Waals surface area (Å²) in [5, 5.41) is 3.25. The highest BCUT2D eigenvalue weighted by Crippen LogP contribution is 2.29. The molecule has 0 aliphatic carbocycles. The molecule has 0 aliphatic heterocycles. The minimum Gasteiger partial charge on any atom is -0.383 e. The Hall–Kier alpha value is -0.840. The smallest absolute Gasteiger partial charge is 0.0637 e. The Kier molecular flexibility index (Phi) is 7.13. The van der Waals surface area contributed by atoms with Crippen molar-refractivity contribution in [3.8, 4) is 0 Å². The number of benzene rings is 1. The molecule has 1 aromatic carbocycles. The Bertz CT molecular complexity index is 409. The van der Waals surface area contributed by atoms with E-state index in [-0.39, 0.29) is 0 Å². The van der Waals surface area contributed by atoms with Gasteiger partial charge in [-0.25, -0.2) is 0 Å². The summed E-state index contributed by atoms with van der Waals surface area (Å²) in [6.07, 6.45) is 1.91. The van der Waals surface area contributed by atoms with E-state index in [1.54, 1.807) is 7.11 Å². The van der Waals surface area contributed by atoms with Crippen molar-refractivity contribution in [1.29, 1.82) is 0 Å². The van der Waals surface area contributed by atoms with E-state index in [1.165, 1.54) is 11.3 Å². The van der Waals surface area contributed by atoms with Gasteiger partial charge in [-0.1, -0.05) is 12.1 Å². The molecule has 0 fully saturated rings. The van der Waals surface area contributed by atoms with E-state index >= 15 is 0 Å². The number of nitrogens with one attached hydrogen (secondary N) is 1. The second-order valence-corrected chi connectivity index (χ2v) is 5.30. The topological polar surface area (TPSA) is 24.5 Å². The summed E-state index contributed by atoms with van der Waals surface area (Å²) in [5.74, 6) is 0. The van der Waals surface area contributed by atoms with Crippen molar-refractivity contribution >= 4 is 21.6 Å². The van der Waals surface area contributed by atoms with Crippen molar-refractivity contribution in [1.82, 2.24) is 5.32 Å². The third kappa shape index (κ3) is 4.64. The van der Waals surface area contributed by atoms with Crippen LogP contribution in [-0.4, -0.2) is 33.9 Å². The Labute approximate surface area is 124 Å². The zero-order chi connectivity index (χ0) is 14.3. The summed E-state index contributed by atoms with van der Waals surface area (Å²) in [6, 6.07) is 6.81. The highest BCUT2D eigenvalue weighted by Gasteiger charge is 2.11. The molecule has 0 heterocycles. The molecule has 4 heteroatoms. The third-order valence-electron chi connectivity index (χ3n) is 3.16. The zero-order valence-electron chi connectivity index (χ0n) is 11.9. The van der Waals surface area contributed by atoms with Crippen molar-refractivity contribution < 1.29 is 4.74 Å². The van der Waals surface area contributed by atoms with Crippen LogP contribution in [0, 0.1) is 0 Å². The Balaban J connectivity index is 2.93. The fourth-order valence-corrected chi connectivity index (χ4v) is 2.53. The van der Waals surface area contributed by atoms with Crippen molar-refractivity contribution in [3.63, 3.8) is 0 Å². The first kappa shape index (κ1) is 16.2. The predicted octanol–water partition coefficient (Wildman–Crippen LogP) is 3.37. The summed E-state index contributed by atoms with van der Waals surface area (Å²) >= 11 is 3.66. The summed E-state index contributed by atoms with van der Waals surface area (Å²) in [5.41, 5.74) is 2.44. The largest absolute Gasteiger partial charge is 0.383 e. The number of ether oxygens (including phenoxy) is 1. The molecule has 0 saturated heterocycles. The van der Waals surface area contributed by atoms with E-state index in [4.69, 9.17) is 4.74 Å². The van der Waals surface area contributed by atoms with Crippen LogP contribution in [0.5, 0.6) is 0 Å². The van der Waals surface area contributed by atoms with E-state index in [0.717, 1.165) is 17.6 Å². The van der Waals surface area contributed by atoms with Crippen LogP contribution in [0.25, 0.3) is 0 Å². The van der Waals surface area contributed by atoms with E-state index in [0.29, 0.717) is 12.6 Å². The fraction of sp³-hybridized carbons (Fsp3) is 0.467. The molecule has 0 aromatic heterocycles. The molecule has 106 valence electrons. The maximum absolute atomic E-state index is 5.16. The predicted molar refractivity (Wildman–Crippen MR) is 85.9 cm³/mol. The van der Waals surface area contributed by atoms with Gasteiger partial charge in [0.25, 0.3) is 0 Å². The van der Waals surface area contributed by atoms with Gasteiger partial charge in [0.05, 0.1) is 12.3 Å². The lowest BCUT2D eigenvalue weighted by molar-refractivity contribution is 0.205. The molecule has 0 radical (unpaired) electrons. The maximum atomic E-state index is 5.16. The van der Waals surface area contributed by atoms with Crippen LogP contribution in [0.15, 0.2) is 35.3 Å². The molecule has 3 nitrogen and oxygen atoms in total. The molecule has 1 atom stereocenters. The summed E-state index contributed by atoms with van der Waals surface area (Å²) in [6.45, 7) is 8.32. The first-order valence-corrected chi connectivity index (χ1v) is 7.24. The third-order valence-corrected chi connectivity index (χ3v) is 3.80. The lowest BCUT2D eigenvalue weighted by atomic mass is 10.1. The highest BCUT2D eigenvalue weighted by atomic mass is 79.9. The number of nitrogens with zero attached hydrogens (tertiary/aromatic N) is 1. The van der Waals surface area contributed by atoms with Crippen LogP contribution in [0.3, 0.4) is 0 Å². The highest BCUT2D eigenvalue weighted by molar-refractivity contribution is 9.10. The van der Waals surface area contributed by atoms with Crippen LogP contribution < -0.4 is 10.2 Å². The van der Waals surface area contributed by atoms with Crippen LogP contribution >= 0.6 is 15.9 Å². The number of hydrogen-bond donors (Lipinski definition) is 1. The number of methoxy groups -OCH3 is 1. The lowest BCUT2D eigenvalue weighted by Gasteiger charge is -2.25. The van der Waals surface area contributed by atoms with Gasteiger partial charge in [0, 0.05) is 30.7 Å². The molecule has 0 bridgehead atoms. The van der Waals surface area contributed by atoms with Gasteiger partial charge in [-0.05, 0) is 47.6 Å². The van der Waals surface area contributed by atoms with Crippen molar-refractivity contribution in [2.24, 2.45) is 0 Å². The van der Waals surface area contributed by atoms with Crippen molar-refractivity contribution in [3.05, 3.63) is 40.9 Å². The molecule has 0 amide bonds. The SMILES string of the molecule is C=CCN(CCOC)c1ccc(C(C)NC)cc1Br. The Morgan fingerprint density at radius 1 is 1.53 bits per heavy atom. The number of rotatable bonds is 8. The van der Waals surface area contributed by atoms with Crippen LogP contribution in [0.1, 0.15) is 18.5 Å². The molecule has 0 aliphatic rings. The van der Waals surface area contributed by atoms with Gasteiger partial charge >= 0.3 is 0 Å². The van der Waals surface area contributed by atoms with Gasteiger partial charge in [-0.3, -0.25) is 0 Å². The molecule has 1 aromatic rings. The summed E-state index contributed by atoms with van der Waals surface area (Å²) in [7, 11) is 3.69. The summed E-state index contributed by atoms with van der Waals surface area (Å²) < 4.78 is 6.26. The minimum absolute atomic E-state index is 0.345. The first-order chi connectivity index (χ1) is 9.13. The second kappa shape index (κ2) is 8.35. The lowest BCUT2D eigenvalue weighted by Crippen LogP contribution is -2.27. The van der Waals surface area contributed by atoms with E-state index in [1.807, 2.05) is 13.1 Å². The standard InChI is InChI=1S/C15H23BrN2O/c1-5-8-18(9-10-19-4)15-7-6-13(11-14(15)16)12(2)17-3/h5-7,11-12,17H,1,8-10H2,2-4H3. The number of halogens is 1. The van der Waals surface area contributed by atoms with Crippen LogP contribution in [0.2, 0.25) is 0 Å². The van der Waals surface area contributed by atoms with Crippen LogP contribution in [0.4, 0.5) is 5.69 Å². The van der Waals surface area contributed by atoms with Gasteiger partial charge < -0.3 is 15.0 Å². The van der Waals surface area contributed by atoms with Gasteiger partial charge in [0.2, 0.25) is 0 Å². The number of hydrogen-bond acceptors (Lipinski definition) is 3. The second-order valence-electron chi connectivity index (χ2n) is 4.45. The molecule has 1 unspecified atom stereocenters. The Morgan fingerprint density at radius 2 is 2.26 bits per heavy atom. The van der Waals surface area contributed by atoms with Crippen LogP contribution in [-0.2, 0) is 4.74 Å². The normalized spacial score (nSPS) is 12.2. The molecule has 0 spiro atoms. The molecule has 0 saturated carbocycles. The first-order valence-electron chi connectivity index (χ1n) is 6.45. The van der Waals surface area contributed by atoms with E-state index in [2.05, 4.69) is 57.8 Å².